The lowest BCUT2D eigenvalue weighted by Gasteiger charge is -2.27. The summed E-state index contributed by atoms with van der Waals surface area (Å²) in [6.45, 7) is 0. The lowest BCUT2D eigenvalue weighted by Crippen LogP contribution is -2.10. The molecule has 0 saturated carbocycles. The van der Waals surface area contributed by atoms with Crippen molar-refractivity contribution >= 4 is 72.2 Å². The molecule has 9 rings (SSSR count). The second-order valence-corrected chi connectivity index (χ2v) is 11.4. The minimum absolute atomic E-state index is 1.13. The zero-order valence-electron chi connectivity index (χ0n) is 24.6. The molecule has 45 heavy (non-hydrogen) atoms. The predicted octanol–water partition coefficient (Wildman–Crippen LogP) is 11.8. The van der Waals surface area contributed by atoms with Crippen LogP contribution in [0.2, 0.25) is 0 Å². The summed E-state index contributed by atoms with van der Waals surface area (Å²) >= 11 is 0. The van der Waals surface area contributed by atoms with Crippen LogP contribution in [0, 0.1) is 0 Å². The molecule has 7 aromatic carbocycles. The van der Waals surface area contributed by atoms with Gasteiger partial charge in [-0.25, -0.2) is 0 Å². The van der Waals surface area contributed by atoms with Crippen molar-refractivity contribution in [3.05, 3.63) is 176 Å². The van der Waals surface area contributed by atoms with Gasteiger partial charge < -0.3 is 14.2 Å². The van der Waals surface area contributed by atoms with Crippen molar-refractivity contribution < 1.29 is 0 Å². The molecule has 0 fully saturated rings. The van der Waals surface area contributed by atoms with E-state index in [0.29, 0.717) is 0 Å². The van der Waals surface area contributed by atoms with Gasteiger partial charge in [-0.1, -0.05) is 103 Å². The van der Waals surface area contributed by atoms with Crippen LogP contribution >= 0.6 is 0 Å². The molecule has 3 nitrogen and oxygen atoms in total. The van der Waals surface area contributed by atoms with Gasteiger partial charge in [0.05, 0.1) is 27.9 Å². The van der Waals surface area contributed by atoms with Gasteiger partial charge in [0, 0.05) is 44.3 Å². The average Bonchev–Trinajstić information content (AvgIpc) is 3.64. The van der Waals surface area contributed by atoms with Gasteiger partial charge in [0.25, 0.3) is 0 Å². The normalized spacial score (nSPS) is 11.6. The molecule has 0 aliphatic carbocycles. The molecule has 0 amide bonds. The fourth-order valence-corrected chi connectivity index (χ4v) is 7.08. The summed E-state index contributed by atoms with van der Waals surface area (Å²) in [4.78, 5) is 4.76. The van der Waals surface area contributed by atoms with E-state index >= 15 is 0 Å². The van der Waals surface area contributed by atoms with Crippen LogP contribution in [-0.2, 0) is 0 Å². The number of benzene rings is 7. The lowest BCUT2D eigenvalue weighted by molar-refractivity contribution is 1.29. The quantitative estimate of drug-likeness (QED) is 0.195. The minimum Gasteiger partial charge on any atom is -0.310 e. The molecule has 212 valence electrons. The van der Waals surface area contributed by atoms with E-state index in [-0.39, 0.29) is 0 Å². The first-order valence-corrected chi connectivity index (χ1v) is 15.4. The lowest BCUT2D eigenvalue weighted by atomic mass is 10.0. The first-order chi connectivity index (χ1) is 22.4. The Kier molecular flexibility index (Phi) is 5.82. The summed E-state index contributed by atoms with van der Waals surface area (Å²) in [6, 6.07) is 62.9. The predicted molar refractivity (Wildman–Crippen MR) is 190 cm³/mol. The van der Waals surface area contributed by atoms with Gasteiger partial charge in [0.15, 0.2) is 0 Å². The second kappa shape index (κ2) is 10.3. The highest BCUT2D eigenvalue weighted by molar-refractivity contribution is 6.28. The summed E-state index contributed by atoms with van der Waals surface area (Å²) in [5.74, 6) is 0. The molecule has 9 aromatic rings. The zero-order chi connectivity index (χ0) is 29.7. The summed E-state index contributed by atoms with van der Waals surface area (Å²) in [5, 5.41) is 5.01. The molecule has 0 bridgehead atoms. The van der Waals surface area contributed by atoms with Crippen molar-refractivity contribution in [2.24, 2.45) is 0 Å². The van der Waals surface area contributed by atoms with Crippen molar-refractivity contribution in [2.45, 2.75) is 0 Å². The molecule has 0 N–H and O–H groups in total. The smallest absolute Gasteiger partial charge is 0.0622 e. The van der Waals surface area contributed by atoms with Crippen LogP contribution in [0.25, 0.3) is 38.1 Å². The Hall–Kier alpha value is -6.06. The Morgan fingerprint density at radius 1 is 0.311 bits per heavy atom. The van der Waals surface area contributed by atoms with E-state index in [1.807, 2.05) is 0 Å². The SMILES string of the molecule is c1ccc(N(c2ccccc2)c2cccc3c2c2cccc4c5c(N(c6ccccc6)c6ccccc6)cccc5n3c24)cc1. The van der Waals surface area contributed by atoms with Gasteiger partial charge >= 0.3 is 0 Å². The highest BCUT2D eigenvalue weighted by atomic mass is 15.2. The Bertz CT molecular complexity index is 2170. The van der Waals surface area contributed by atoms with Gasteiger partial charge in [-0.3, -0.25) is 0 Å². The zero-order valence-corrected chi connectivity index (χ0v) is 24.6. The van der Waals surface area contributed by atoms with Crippen LogP contribution in [0.1, 0.15) is 0 Å². The maximum Gasteiger partial charge on any atom is 0.0622 e. The molecule has 0 saturated heterocycles. The van der Waals surface area contributed by atoms with Gasteiger partial charge in [-0.2, -0.15) is 0 Å². The van der Waals surface area contributed by atoms with Crippen LogP contribution in [0.15, 0.2) is 176 Å². The number of aromatic nitrogens is 1. The number of nitrogens with zero attached hydrogens (tertiary/aromatic N) is 3. The number of fused-ring (bicyclic) bond motifs is 6. The van der Waals surface area contributed by atoms with Gasteiger partial charge in [-0.05, 0) is 72.8 Å². The first-order valence-electron chi connectivity index (χ1n) is 15.4. The van der Waals surface area contributed by atoms with E-state index in [0.717, 1.165) is 22.7 Å². The number of para-hydroxylation sites is 5. The van der Waals surface area contributed by atoms with E-state index in [2.05, 4.69) is 190 Å². The molecule has 3 heteroatoms. The first kappa shape index (κ1) is 25.4. The van der Waals surface area contributed by atoms with Crippen molar-refractivity contribution in [3.63, 3.8) is 0 Å². The number of hydrogen-bond acceptors (Lipinski definition) is 2. The van der Waals surface area contributed by atoms with Crippen molar-refractivity contribution in [2.75, 3.05) is 9.80 Å². The molecule has 0 spiro atoms. The minimum atomic E-state index is 1.13. The number of rotatable bonds is 6. The highest BCUT2D eigenvalue weighted by Gasteiger charge is 2.25. The molecular weight excluding hydrogens is 546 g/mol. The Morgan fingerprint density at radius 2 is 0.644 bits per heavy atom. The third kappa shape index (κ3) is 3.91. The second-order valence-electron chi connectivity index (χ2n) is 11.4. The van der Waals surface area contributed by atoms with Crippen molar-refractivity contribution in [3.8, 4) is 0 Å². The molecule has 0 atom stereocenters. The Morgan fingerprint density at radius 3 is 1.00 bits per heavy atom. The standard InChI is InChI=1S/C42H29N3/c1-5-16-30(17-6-1)43(31-18-7-2-8-19-31)36-26-14-28-38-40(36)34-24-13-25-35-41-37(27-15-29-39(41)45(38)42(34)35)44(32-20-9-3-10-21-32)33-22-11-4-12-23-33/h1-29H. The molecule has 0 aliphatic heterocycles. The highest BCUT2D eigenvalue weighted by Crippen LogP contribution is 2.48. The largest absolute Gasteiger partial charge is 0.310 e. The van der Waals surface area contributed by atoms with Crippen LogP contribution in [-0.4, -0.2) is 4.40 Å². The molecule has 2 heterocycles. The van der Waals surface area contributed by atoms with Gasteiger partial charge in [0.2, 0.25) is 0 Å². The Balaban J connectivity index is 1.37. The molecule has 2 aromatic heterocycles. The van der Waals surface area contributed by atoms with Gasteiger partial charge in [-0.15, -0.1) is 0 Å². The van der Waals surface area contributed by atoms with Gasteiger partial charge in [0.1, 0.15) is 0 Å². The van der Waals surface area contributed by atoms with Crippen molar-refractivity contribution in [1.29, 1.82) is 0 Å². The van der Waals surface area contributed by atoms with Crippen LogP contribution in [0.3, 0.4) is 0 Å². The fourth-order valence-electron chi connectivity index (χ4n) is 7.08. The third-order valence-corrected chi connectivity index (χ3v) is 8.86. The fraction of sp³-hybridized carbons (Fsp3) is 0. The van der Waals surface area contributed by atoms with E-state index in [9.17, 15) is 0 Å². The summed E-state index contributed by atoms with van der Waals surface area (Å²) in [5.41, 5.74) is 10.5. The summed E-state index contributed by atoms with van der Waals surface area (Å²) in [7, 11) is 0. The topological polar surface area (TPSA) is 10.9 Å². The molecular formula is C42H29N3. The maximum atomic E-state index is 2.48. The molecule has 0 radical (unpaired) electrons. The van der Waals surface area contributed by atoms with E-state index in [4.69, 9.17) is 0 Å². The monoisotopic (exact) mass is 575 g/mol. The van der Waals surface area contributed by atoms with E-state index < -0.39 is 0 Å². The molecule has 0 aliphatic rings. The summed E-state index contributed by atoms with van der Waals surface area (Å²) in [6.07, 6.45) is 0. The number of anilines is 6. The average molecular weight is 576 g/mol. The van der Waals surface area contributed by atoms with Crippen LogP contribution in [0.5, 0.6) is 0 Å². The Labute approximate surface area is 261 Å². The summed E-state index contributed by atoms with van der Waals surface area (Å²) < 4.78 is 2.48. The number of hydrogen-bond donors (Lipinski definition) is 0. The third-order valence-electron chi connectivity index (χ3n) is 8.86. The van der Waals surface area contributed by atoms with E-state index in [1.54, 1.807) is 0 Å². The maximum absolute atomic E-state index is 2.48. The van der Waals surface area contributed by atoms with Crippen LogP contribution < -0.4 is 9.80 Å². The van der Waals surface area contributed by atoms with Crippen molar-refractivity contribution in [1.82, 2.24) is 4.40 Å². The van der Waals surface area contributed by atoms with Crippen LogP contribution in [0.4, 0.5) is 34.1 Å². The molecule has 0 unspecified atom stereocenters. The van der Waals surface area contributed by atoms with E-state index in [1.165, 1.54) is 49.5 Å².